The van der Waals surface area contributed by atoms with Crippen molar-refractivity contribution in [2.24, 2.45) is 0 Å². The topological polar surface area (TPSA) is 0 Å². The van der Waals surface area contributed by atoms with Gasteiger partial charge in [0.05, 0.1) is 0 Å². The van der Waals surface area contributed by atoms with E-state index < -0.39 is 0 Å². The SMILES string of the molecule is C=C(C=[CH][Ru])CCC=C(C)C. The van der Waals surface area contributed by atoms with Crippen LogP contribution < -0.4 is 0 Å². The quantitative estimate of drug-likeness (QED) is 0.399. The van der Waals surface area contributed by atoms with Crippen LogP contribution >= 0.6 is 0 Å². The summed E-state index contributed by atoms with van der Waals surface area (Å²) in [5.74, 6) is 0. The zero-order chi connectivity index (χ0) is 8.69. The Hall–Kier alpha value is -0.157. The van der Waals surface area contributed by atoms with Crippen molar-refractivity contribution in [2.75, 3.05) is 0 Å². The molecule has 0 heterocycles. The molecule has 0 rings (SSSR count). The van der Waals surface area contributed by atoms with E-state index >= 15 is 0 Å². The molecule has 63 valence electrons. The van der Waals surface area contributed by atoms with Crippen molar-refractivity contribution in [3.63, 3.8) is 0 Å². The van der Waals surface area contributed by atoms with Crippen LogP contribution in [0.1, 0.15) is 26.7 Å². The Morgan fingerprint density at radius 3 is 2.55 bits per heavy atom. The fourth-order valence-electron chi connectivity index (χ4n) is 0.713. The fraction of sp³-hybridized carbons (Fsp3) is 0.400. The molecule has 11 heavy (non-hydrogen) atoms. The van der Waals surface area contributed by atoms with E-state index in [4.69, 9.17) is 0 Å². The van der Waals surface area contributed by atoms with Gasteiger partial charge >= 0.3 is 79.5 Å². The summed E-state index contributed by atoms with van der Waals surface area (Å²) >= 11 is 2.47. The summed E-state index contributed by atoms with van der Waals surface area (Å²) in [6.45, 7) is 8.15. The molecule has 0 radical (unpaired) electrons. The Morgan fingerprint density at radius 2 is 2.09 bits per heavy atom. The van der Waals surface area contributed by atoms with Crippen LogP contribution in [0.3, 0.4) is 0 Å². The van der Waals surface area contributed by atoms with Gasteiger partial charge in [0.1, 0.15) is 0 Å². The summed E-state index contributed by atoms with van der Waals surface area (Å²) < 4.78 is 1.96. The molecule has 0 saturated carbocycles. The molecule has 0 amide bonds. The predicted molar refractivity (Wildman–Crippen MR) is 46.9 cm³/mol. The monoisotopic (exact) mass is 237 g/mol. The third kappa shape index (κ3) is 7.74. The minimum absolute atomic E-state index is 1.07. The average molecular weight is 236 g/mol. The standard InChI is InChI=1S/C10H15.Ru/c1-5-10(4)8-6-7-9(2)3;/h1,5,7H,4,6,8H2,2-3H3;. The number of hydrogen-bond donors (Lipinski definition) is 0. The first-order valence-electron chi connectivity index (χ1n) is 3.73. The molecule has 0 aliphatic heterocycles. The van der Waals surface area contributed by atoms with Gasteiger partial charge in [0, 0.05) is 0 Å². The van der Waals surface area contributed by atoms with Crippen LogP contribution in [0.15, 0.2) is 34.5 Å². The van der Waals surface area contributed by atoms with Crippen molar-refractivity contribution in [2.45, 2.75) is 26.7 Å². The van der Waals surface area contributed by atoms with Crippen molar-refractivity contribution in [3.05, 3.63) is 34.5 Å². The number of allylic oxidation sites excluding steroid dienone is 4. The van der Waals surface area contributed by atoms with Gasteiger partial charge in [0.15, 0.2) is 0 Å². The Labute approximate surface area is 79.8 Å². The van der Waals surface area contributed by atoms with E-state index in [-0.39, 0.29) is 0 Å². The first-order chi connectivity index (χ1) is 5.16. The van der Waals surface area contributed by atoms with Crippen molar-refractivity contribution in [1.29, 1.82) is 0 Å². The van der Waals surface area contributed by atoms with Gasteiger partial charge in [-0.2, -0.15) is 0 Å². The van der Waals surface area contributed by atoms with Crippen LogP contribution in [0.2, 0.25) is 0 Å². The van der Waals surface area contributed by atoms with E-state index in [1.165, 1.54) is 11.1 Å². The van der Waals surface area contributed by atoms with Crippen LogP contribution in [-0.4, -0.2) is 0 Å². The molecule has 0 N–H and O–H groups in total. The molecule has 0 atom stereocenters. The molecule has 0 aliphatic rings. The first kappa shape index (κ1) is 10.8. The molecule has 0 unspecified atom stereocenters. The second kappa shape index (κ2) is 6.55. The van der Waals surface area contributed by atoms with E-state index in [0.29, 0.717) is 0 Å². The van der Waals surface area contributed by atoms with E-state index in [2.05, 4.69) is 44.8 Å². The minimum atomic E-state index is 1.07. The molecule has 0 aromatic rings. The molecule has 0 aromatic carbocycles. The predicted octanol–water partition coefficient (Wildman–Crippen LogP) is 3.35. The molecule has 0 aromatic heterocycles. The van der Waals surface area contributed by atoms with Gasteiger partial charge in [-0.3, -0.25) is 0 Å². The van der Waals surface area contributed by atoms with Crippen LogP contribution in [0, 0.1) is 0 Å². The van der Waals surface area contributed by atoms with Crippen LogP contribution in [0.25, 0.3) is 0 Å². The van der Waals surface area contributed by atoms with Gasteiger partial charge in [-0.1, -0.05) is 0 Å². The summed E-state index contributed by atoms with van der Waals surface area (Å²) in [4.78, 5) is 0. The fourth-order valence-corrected chi connectivity index (χ4v) is 1.12. The van der Waals surface area contributed by atoms with Crippen LogP contribution in [-0.2, 0) is 18.3 Å². The molecule has 0 bridgehead atoms. The Morgan fingerprint density at radius 1 is 1.45 bits per heavy atom. The normalized spacial score (nSPS) is 10.1. The van der Waals surface area contributed by atoms with Gasteiger partial charge in [0.2, 0.25) is 0 Å². The molecule has 0 aliphatic carbocycles. The van der Waals surface area contributed by atoms with Crippen molar-refractivity contribution >= 4 is 0 Å². The van der Waals surface area contributed by atoms with E-state index in [9.17, 15) is 0 Å². The van der Waals surface area contributed by atoms with Gasteiger partial charge in [-0.15, -0.1) is 0 Å². The summed E-state index contributed by atoms with van der Waals surface area (Å²) in [5, 5.41) is 0. The van der Waals surface area contributed by atoms with Crippen molar-refractivity contribution in [1.82, 2.24) is 0 Å². The van der Waals surface area contributed by atoms with Crippen LogP contribution in [0.4, 0.5) is 0 Å². The molecule has 0 nitrogen and oxygen atoms in total. The molecule has 1 heteroatoms. The number of rotatable bonds is 4. The zero-order valence-corrected chi connectivity index (χ0v) is 8.95. The van der Waals surface area contributed by atoms with Gasteiger partial charge < -0.3 is 0 Å². The zero-order valence-electron chi connectivity index (χ0n) is 7.21. The first-order valence-corrected chi connectivity index (χ1v) is 4.73. The second-order valence-corrected chi connectivity index (χ2v) is 3.34. The average Bonchev–Trinajstić information content (AvgIpc) is 1.87. The molecule has 0 spiro atoms. The molecule has 0 saturated heterocycles. The maximum atomic E-state index is 3.91. The second-order valence-electron chi connectivity index (χ2n) is 2.76. The Bertz CT molecular complexity index is 171. The molecular weight excluding hydrogens is 221 g/mol. The maximum absolute atomic E-state index is 3.91. The summed E-state index contributed by atoms with van der Waals surface area (Å²) in [6, 6.07) is 0. The summed E-state index contributed by atoms with van der Waals surface area (Å²) in [6.07, 6.45) is 6.45. The van der Waals surface area contributed by atoms with E-state index in [1.807, 2.05) is 10.7 Å². The van der Waals surface area contributed by atoms with Gasteiger partial charge in [-0.25, -0.2) is 0 Å². The van der Waals surface area contributed by atoms with Gasteiger partial charge in [-0.05, 0) is 0 Å². The Kier molecular flexibility index (Phi) is 6.45. The van der Waals surface area contributed by atoms with Crippen molar-refractivity contribution < 1.29 is 18.3 Å². The Balaban J connectivity index is 3.55. The van der Waals surface area contributed by atoms with E-state index in [1.54, 1.807) is 0 Å². The van der Waals surface area contributed by atoms with Crippen LogP contribution in [0.5, 0.6) is 0 Å². The number of hydrogen-bond acceptors (Lipinski definition) is 0. The molecule has 0 fully saturated rings. The summed E-state index contributed by atoms with van der Waals surface area (Å²) in [7, 11) is 0. The molecular formula is C10H15Ru. The van der Waals surface area contributed by atoms with Gasteiger partial charge in [0.25, 0.3) is 0 Å². The summed E-state index contributed by atoms with van der Waals surface area (Å²) in [5.41, 5.74) is 2.58. The third-order valence-corrected chi connectivity index (χ3v) is 1.60. The van der Waals surface area contributed by atoms with E-state index in [0.717, 1.165) is 12.8 Å². The van der Waals surface area contributed by atoms with Crippen molar-refractivity contribution in [3.8, 4) is 0 Å². The third-order valence-electron chi connectivity index (χ3n) is 1.31.